The lowest BCUT2D eigenvalue weighted by molar-refractivity contribution is 0.0951. The normalized spacial score (nSPS) is 17.4. The van der Waals surface area contributed by atoms with E-state index in [1.807, 2.05) is 0 Å². The Morgan fingerprint density at radius 3 is 2.60 bits per heavy atom. The van der Waals surface area contributed by atoms with Crippen LogP contribution >= 0.6 is 0 Å². The molecule has 3 nitrogen and oxygen atoms in total. The summed E-state index contributed by atoms with van der Waals surface area (Å²) in [5.74, 6) is -1.10. The minimum absolute atomic E-state index is 0.0101. The van der Waals surface area contributed by atoms with Crippen LogP contribution in [0.4, 0.5) is 8.78 Å². The predicted octanol–water partition coefficient (Wildman–Crippen LogP) is 2.58. The van der Waals surface area contributed by atoms with Gasteiger partial charge in [0.15, 0.2) is 11.6 Å². The molecule has 1 aliphatic rings. The van der Waals surface area contributed by atoms with E-state index in [4.69, 9.17) is 9.84 Å². The van der Waals surface area contributed by atoms with Crippen molar-refractivity contribution in [3.63, 3.8) is 0 Å². The molecule has 0 unspecified atom stereocenters. The number of benzene rings is 1. The van der Waals surface area contributed by atoms with E-state index >= 15 is 0 Å². The summed E-state index contributed by atoms with van der Waals surface area (Å²) in [6.45, 7) is 3.05. The average Bonchev–Trinajstić information content (AvgIpc) is 2.44. The first-order chi connectivity index (χ1) is 9.69. The Labute approximate surface area is 118 Å². The first kappa shape index (κ1) is 15.2. The van der Waals surface area contributed by atoms with Crippen LogP contribution in [0.1, 0.15) is 25.7 Å². The van der Waals surface area contributed by atoms with Gasteiger partial charge in [0, 0.05) is 25.8 Å². The van der Waals surface area contributed by atoms with Crippen LogP contribution in [-0.4, -0.2) is 42.4 Å². The molecule has 0 aromatic heterocycles. The lowest BCUT2D eigenvalue weighted by Gasteiger charge is -2.32. The number of likely N-dealkylation sites (tertiary alicyclic amines) is 1. The van der Waals surface area contributed by atoms with Crippen LogP contribution in [-0.2, 0) is 0 Å². The topological polar surface area (TPSA) is 32.7 Å². The van der Waals surface area contributed by atoms with E-state index in [0.29, 0.717) is 0 Å². The number of hydrogen-bond donors (Lipinski definition) is 1. The fourth-order valence-corrected chi connectivity index (χ4v) is 2.45. The van der Waals surface area contributed by atoms with Gasteiger partial charge >= 0.3 is 0 Å². The molecular formula is C15H21F2NO2. The van der Waals surface area contributed by atoms with Crippen molar-refractivity contribution in [2.45, 2.75) is 31.8 Å². The van der Waals surface area contributed by atoms with Crippen LogP contribution < -0.4 is 4.74 Å². The molecule has 112 valence electrons. The predicted molar refractivity (Wildman–Crippen MR) is 72.8 cm³/mol. The molecule has 0 atom stereocenters. The molecule has 1 N–H and O–H groups in total. The van der Waals surface area contributed by atoms with Crippen LogP contribution in [0.2, 0.25) is 0 Å². The van der Waals surface area contributed by atoms with E-state index in [1.54, 1.807) is 0 Å². The third-order valence-corrected chi connectivity index (χ3v) is 3.60. The molecule has 1 aliphatic heterocycles. The molecule has 5 heteroatoms. The molecule has 20 heavy (non-hydrogen) atoms. The Morgan fingerprint density at radius 1 is 1.20 bits per heavy atom. The second-order valence-electron chi connectivity index (χ2n) is 5.16. The van der Waals surface area contributed by atoms with E-state index in [2.05, 4.69) is 4.90 Å². The molecule has 0 saturated carbocycles. The third-order valence-electron chi connectivity index (χ3n) is 3.60. The summed E-state index contributed by atoms with van der Waals surface area (Å²) in [5, 5.41) is 8.75. The molecule has 2 rings (SSSR count). The maximum atomic E-state index is 13.5. The van der Waals surface area contributed by atoms with Gasteiger partial charge in [-0.15, -0.1) is 0 Å². The highest BCUT2D eigenvalue weighted by molar-refractivity contribution is 5.24. The van der Waals surface area contributed by atoms with Gasteiger partial charge in [-0.3, -0.25) is 0 Å². The summed E-state index contributed by atoms with van der Waals surface area (Å²) in [7, 11) is 0. The van der Waals surface area contributed by atoms with Gasteiger partial charge in [0.25, 0.3) is 0 Å². The minimum Gasteiger partial charge on any atom is -0.487 e. The van der Waals surface area contributed by atoms with E-state index in [1.165, 1.54) is 12.1 Å². The molecule has 1 fully saturated rings. The SMILES string of the molecule is OCCCCN1CCC(Oc2ccc(F)cc2F)CC1. The largest absolute Gasteiger partial charge is 0.487 e. The highest BCUT2D eigenvalue weighted by Gasteiger charge is 2.21. The number of nitrogens with zero attached hydrogens (tertiary/aromatic N) is 1. The Kier molecular flexibility index (Phi) is 5.73. The fraction of sp³-hybridized carbons (Fsp3) is 0.600. The zero-order valence-electron chi connectivity index (χ0n) is 11.5. The molecule has 0 bridgehead atoms. The molecular weight excluding hydrogens is 264 g/mol. The zero-order chi connectivity index (χ0) is 14.4. The Bertz CT molecular complexity index is 420. The van der Waals surface area contributed by atoms with Crippen LogP contribution in [0.25, 0.3) is 0 Å². The van der Waals surface area contributed by atoms with Crippen molar-refractivity contribution < 1.29 is 18.6 Å². The van der Waals surface area contributed by atoms with Gasteiger partial charge in [0.2, 0.25) is 0 Å². The van der Waals surface area contributed by atoms with E-state index < -0.39 is 11.6 Å². The minimum atomic E-state index is -0.643. The molecule has 1 saturated heterocycles. The lowest BCUT2D eigenvalue weighted by Crippen LogP contribution is -2.38. The lowest BCUT2D eigenvalue weighted by atomic mass is 10.1. The van der Waals surface area contributed by atoms with Crippen LogP contribution in [0.5, 0.6) is 5.75 Å². The number of piperidine rings is 1. The van der Waals surface area contributed by atoms with Crippen molar-refractivity contribution in [2.75, 3.05) is 26.2 Å². The highest BCUT2D eigenvalue weighted by atomic mass is 19.1. The fourth-order valence-electron chi connectivity index (χ4n) is 2.45. The monoisotopic (exact) mass is 285 g/mol. The molecule has 0 aliphatic carbocycles. The number of aliphatic hydroxyl groups is 1. The second-order valence-corrected chi connectivity index (χ2v) is 5.16. The Morgan fingerprint density at radius 2 is 1.95 bits per heavy atom. The third kappa shape index (κ3) is 4.42. The van der Waals surface area contributed by atoms with Crippen molar-refractivity contribution in [1.29, 1.82) is 0 Å². The van der Waals surface area contributed by atoms with Gasteiger partial charge in [0.05, 0.1) is 0 Å². The van der Waals surface area contributed by atoms with Gasteiger partial charge < -0.3 is 14.7 Å². The van der Waals surface area contributed by atoms with Crippen molar-refractivity contribution >= 4 is 0 Å². The number of unbranched alkanes of at least 4 members (excludes halogenated alkanes) is 1. The van der Waals surface area contributed by atoms with Crippen molar-refractivity contribution in [3.05, 3.63) is 29.8 Å². The average molecular weight is 285 g/mol. The summed E-state index contributed by atoms with van der Waals surface area (Å²) in [4.78, 5) is 2.33. The maximum Gasteiger partial charge on any atom is 0.167 e. The van der Waals surface area contributed by atoms with Crippen molar-refractivity contribution in [3.8, 4) is 5.75 Å². The van der Waals surface area contributed by atoms with Crippen LogP contribution in [0, 0.1) is 11.6 Å². The standard InChI is InChI=1S/C15H21F2NO2/c16-12-3-4-15(14(17)11-12)20-13-5-8-18(9-6-13)7-1-2-10-19/h3-4,11,13,19H,1-2,5-10H2. The van der Waals surface area contributed by atoms with Crippen LogP contribution in [0.3, 0.4) is 0 Å². The summed E-state index contributed by atoms with van der Waals surface area (Å²) >= 11 is 0. The zero-order valence-corrected chi connectivity index (χ0v) is 11.5. The molecule has 0 radical (unpaired) electrons. The number of ether oxygens (including phenoxy) is 1. The van der Waals surface area contributed by atoms with Crippen molar-refractivity contribution in [1.82, 2.24) is 4.90 Å². The van der Waals surface area contributed by atoms with Crippen molar-refractivity contribution in [2.24, 2.45) is 0 Å². The van der Waals surface area contributed by atoms with Gasteiger partial charge in [-0.05, 0) is 44.4 Å². The number of rotatable bonds is 6. The van der Waals surface area contributed by atoms with E-state index in [-0.39, 0.29) is 18.5 Å². The quantitative estimate of drug-likeness (QED) is 0.815. The molecule has 0 spiro atoms. The Balaban J connectivity index is 1.76. The molecule has 1 aromatic rings. The summed E-state index contributed by atoms with van der Waals surface area (Å²) < 4.78 is 31.9. The van der Waals surface area contributed by atoms with Gasteiger partial charge in [0.1, 0.15) is 11.9 Å². The molecule has 1 heterocycles. The number of hydrogen-bond acceptors (Lipinski definition) is 3. The highest BCUT2D eigenvalue weighted by Crippen LogP contribution is 2.22. The molecule has 1 aromatic carbocycles. The van der Waals surface area contributed by atoms with Gasteiger partial charge in [-0.25, -0.2) is 8.78 Å². The second kappa shape index (κ2) is 7.55. The number of aliphatic hydroxyl groups excluding tert-OH is 1. The maximum absolute atomic E-state index is 13.5. The number of halogens is 2. The summed E-state index contributed by atoms with van der Waals surface area (Å²) in [5.41, 5.74) is 0. The van der Waals surface area contributed by atoms with Gasteiger partial charge in [-0.2, -0.15) is 0 Å². The van der Waals surface area contributed by atoms with E-state index in [0.717, 1.165) is 51.4 Å². The van der Waals surface area contributed by atoms with Crippen LogP contribution in [0.15, 0.2) is 18.2 Å². The Hall–Kier alpha value is -1.20. The first-order valence-electron chi connectivity index (χ1n) is 7.14. The smallest absolute Gasteiger partial charge is 0.167 e. The van der Waals surface area contributed by atoms with Gasteiger partial charge in [-0.1, -0.05) is 0 Å². The van der Waals surface area contributed by atoms with E-state index in [9.17, 15) is 8.78 Å². The molecule has 0 amide bonds. The summed E-state index contributed by atoms with van der Waals surface area (Å²) in [6, 6.07) is 3.40. The summed E-state index contributed by atoms with van der Waals surface area (Å²) in [6.07, 6.45) is 3.50. The first-order valence-corrected chi connectivity index (χ1v) is 7.14.